The summed E-state index contributed by atoms with van der Waals surface area (Å²) in [6.07, 6.45) is -4.35. The van der Waals surface area contributed by atoms with Gasteiger partial charge in [0.05, 0.1) is 5.54 Å². The lowest BCUT2D eigenvalue weighted by molar-refractivity contribution is -0.140. The minimum absolute atomic E-state index is 0.448. The number of aromatic nitrogens is 1. The molecule has 102 valence electrons. The fourth-order valence-corrected chi connectivity index (χ4v) is 3.02. The molecule has 2 heterocycles. The maximum absolute atomic E-state index is 12.6. The predicted octanol–water partition coefficient (Wildman–Crippen LogP) is 2.30. The molecule has 1 aliphatic rings. The van der Waals surface area contributed by atoms with Gasteiger partial charge in [-0.15, -0.1) is 11.3 Å². The van der Waals surface area contributed by atoms with Crippen molar-refractivity contribution in [2.75, 3.05) is 26.2 Å². The lowest BCUT2D eigenvalue weighted by Gasteiger charge is -2.39. The molecule has 0 saturated carbocycles. The number of alkyl halides is 3. The van der Waals surface area contributed by atoms with Crippen LogP contribution in [0.3, 0.4) is 0 Å². The van der Waals surface area contributed by atoms with Crippen LogP contribution >= 0.6 is 11.3 Å². The molecule has 0 aromatic carbocycles. The largest absolute Gasteiger partial charge is 0.434 e. The third kappa shape index (κ3) is 2.67. The highest BCUT2D eigenvalue weighted by Gasteiger charge is 2.38. The number of piperazine rings is 1. The van der Waals surface area contributed by atoms with Gasteiger partial charge in [0.15, 0.2) is 5.69 Å². The van der Waals surface area contributed by atoms with Crippen LogP contribution in [0.25, 0.3) is 0 Å². The Labute approximate surface area is 108 Å². The molecule has 1 saturated heterocycles. The maximum Gasteiger partial charge on any atom is 0.434 e. The Hall–Kier alpha value is -0.660. The molecule has 0 amide bonds. The van der Waals surface area contributed by atoms with E-state index in [0.717, 1.165) is 42.9 Å². The fourth-order valence-electron chi connectivity index (χ4n) is 2.04. The Balaban J connectivity index is 2.21. The zero-order valence-electron chi connectivity index (χ0n) is 10.3. The summed E-state index contributed by atoms with van der Waals surface area (Å²) in [6.45, 7) is 7.23. The van der Waals surface area contributed by atoms with E-state index in [4.69, 9.17) is 0 Å². The highest BCUT2D eigenvalue weighted by molar-refractivity contribution is 7.09. The molecule has 0 spiro atoms. The van der Waals surface area contributed by atoms with Gasteiger partial charge in [0.2, 0.25) is 0 Å². The minimum atomic E-state index is -4.35. The van der Waals surface area contributed by atoms with Crippen LogP contribution in [0.5, 0.6) is 0 Å². The van der Waals surface area contributed by atoms with Crippen molar-refractivity contribution < 1.29 is 13.2 Å². The van der Waals surface area contributed by atoms with E-state index in [9.17, 15) is 13.2 Å². The number of nitrogens with one attached hydrogen (secondary N) is 1. The molecule has 0 bridgehead atoms. The Morgan fingerprint density at radius 2 is 1.89 bits per heavy atom. The van der Waals surface area contributed by atoms with Crippen LogP contribution in [-0.2, 0) is 11.7 Å². The van der Waals surface area contributed by atoms with Gasteiger partial charge in [0.25, 0.3) is 0 Å². The monoisotopic (exact) mass is 279 g/mol. The Morgan fingerprint density at radius 3 is 2.39 bits per heavy atom. The SMILES string of the molecule is CC(C)(c1nc(C(F)(F)F)cs1)N1CCNCC1. The zero-order valence-corrected chi connectivity index (χ0v) is 11.2. The fraction of sp³-hybridized carbons (Fsp3) is 0.727. The second-order valence-corrected chi connectivity index (χ2v) is 5.69. The van der Waals surface area contributed by atoms with Gasteiger partial charge in [-0.25, -0.2) is 4.98 Å². The van der Waals surface area contributed by atoms with Gasteiger partial charge in [-0.3, -0.25) is 4.90 Å². The van der Waals surface area contributed by atoms with E-state index in [1.807, 2.05) is 13.8 Å². The molecule has 0 atom stereocenters. The summed E-state index contributed by atoms with van der Waals surface area (Å²) in [4.78, 5) is 5.93. The van der Waals surface area contributed by atoms with Gasteiger partial charge >= 0.3 is 6.18 Å². The molecule has 1 N–H and O–H groups in total. The minimum Gasteiger partial charge on any atom is -0.314 e. The van der Waals surface area contributed by atoms with Crippen molar-refractivity contribution in [1.29, 1.82) is 0 Å². The van der Waals surface area contributed by atoms with Gasteiger partial charge in [-0.2, -0.15) is 13.2 Å². The second-order valence-electron chi connectivity index (χ2n) is 4.83. The number of rotatable bonds is 2. The summed E-state index contributed by atoms with van der Waals surface area (Å²) in [5.74, 6) is 0. The molecule has 0 radical (unpaired) electrons. The number of hydrogen-bond donors (Lipinski definition) is 1. The molecule has 18 heavy (non-hydrogen) atoms. The molecule has 7 heteroatoms. The van der Waals surface area contributed by atoms with Crippen molar-refractivity contribution in [2.24, 2.45) is 0 Å². The Morgan fingerprint density at radius 1 is 1.28 bits per heavy atom. The third-order valence-electron chi connectivity index (χ3n) is 3.23. The summed E-state index contributed by atoms with van der Waals surface area (Å²) in [5.41, 5.74) is -1.23. The van der Waals surface area contributed by atoms with Crippen molar-refractivity contribution in [3.05, 3.63) is 16.1 Å². The maximum atomic E-state index is 12.6. The summed E-state index contributed by atoms with van der Waals surface area (Å²) >= 11 is 1.08. The molecule has 2 rings (SSSR count). The average Bonchev–Trinajstić information content (AvgIpc) is 2.79. The molecule has 1 aromatic rings. The van der Waals surface area contributed by atoms with Crippen LogP contribution in [0.4, 0.5) is 13.2 Å². The Kier molecular flexibility index (Phi) is 3.66. The van der Waals surface area contributed by atoms with Crippen molar-refractivity contribution in [2.45, 2.75) is 25.6 Å². The first kappa shape index (κ1) is 13.8. The van der Waals surface area contributed by atoms with Gasteiger partial charge in [0.1, 0.15) is 5.01 Å². The molecular weight excluding hydrogens is 263 g/mol. The van der Waals surface area contributed by atoms with Crippen molar-refractivity contribution in [1.82, 2.24) is 15.2 Å². The van der Waals surface area contributed by atoms with Crippen molar-refractivity contribution in [3.63, 3.8) is 0 Å². The summed E-state index contributed by atoms with van der Waals surface area (Å²) in [6, 6.07) is 0. The van der Waals surface area contributed by atoms with Gasteiger partial charge < -0.3 is 5.32 Å². The highest BCUT2D eigenvalue weighted by Crippen LogP contribution is 2.35. The van der Waals surface area contributed by atoms with E-state index in [1.165, 1.54) is 0 Å². The second kappa shape index (κ2) is 4.79. The lowest BCUT2D eigenvalue weighted by atomic mass is 10.0. The number of nitrogens with zero attached hydrogens (tertiary/aromatic N) is 2. The molecule has 0 unspecified atom stereocenters. The van der Waals surface area contributed by atoms with Gasteiger partial charge in [-0.05, 0) is 13.8 Å². The highest BCUT2D eigenvalue weighted by atomic mass is 32.1. The number of hydrogen-bond acceptors (Lipinski definition) is 4. The zero-order chi connectivity index (χ0) is 13.4. The quantitative estimate of drug-likeness (QED) is 0.900. The van der Waals surface area contributed by atoms with Crippen LogP contribution in [0.15, 0.2) is 5.38 Å². The van der Waals surface area contributed by atoms with E-state index in [2.05, 4.69) is 15.2 Å². The number of thiazole rings is 1. The first-order valence-corrected chi connectivity index (χ1v) is 6.69. The molecule has 1 aliphatic heterocycles. The summed E-state index contributed by atoms with van der Waals surface area (Å²) in [5, 5.41) is 4.85. The molecular formula is C11H16F3N3S. The Bertz CT molecular complexity index is 408. The van der Waals surface area contributed by atoms with E-state index < -0.39 is 17.4 Å². The van der Waals surface area contributed by atoms with E-state index in [1.54, 1.807) is 0 Å². The molecule has 1 fully saturated rings. The first-order chi connectivity index (χ1) is 8.32. The molecule has 3 nitrogen and oxygen atoms in total. The predicted molar refractivity (Wildman–Crippen MR) is 64.6 cm³/mol. The molecule has 1 aromatic heterocycles. The van der Waals surface area contributed by atoms with Crippen molar-refractivity contribution >= 4 is 11.3 Å². The number of halogens is 3. The van der Waals surface area contributed by atoms with Gasteiger partial charge in [0, 0.05) is 31.6 Å². The standard InChI is InChI=1S/C11H16F3N3S/c1-10(2,17-5-3-15-4-6-17)9-16-8(7-18-9)11(12,13)14/h7,15H,3-6H2,1-2H3. The van der Waals surface area contributed by atoms with E-state index in [-0.39, 0.29) is 0 Å². The lowest BCUT2D eigenvalue weighted by Crippen LogP contribution is -2.51. The average molecular weight is 279 g/mol. The topological polar surface area (TPSA) is 28.2 Å². The van der Waals surface area contributed by atoms with Gasteiger partial charge in [-0.1, -0.05) is 0 Å². The van der Waals surface area contributed by atoms with Crippen LogP contribution < -0.4 is 5.32 Å². The van der Waals surface area contributed by atoms with Crippen LogP contribution in [0, 0.1) is 0 Å². The van der Waals surface area contributed by atoms with Crippen LogP contribution in [0.1, 0.15) is 24.5 Å². The van der Waals surface area contributed by atoms with Crippen LogP contribution in [-0.4, -0.2) is 36.1 Å². The van der Waals surface area contributed by atoms with Crippen LogP contribution in [0.2, 0.25) is 0 Å². The van der Waals surface area contributed by atoms with E-state index in [0.29, 0.717) is 5.01 Å². The summed E-state index contributed by atoms with van der Waals surface area (Å²) in [7, 11) is 0. The first-order valence-electron chi connectivity index (χ1n) is 5.81. The van der Waals surface area contributed by atoms with Crippen molar-refractivity contribution in [3.8, 4) is 0 Å². The molecule has 0 aliphatic carbocycles. The smallest absolute Gasteiger partial charge is 0.314 e. The summed E-state index contributed by atoms with van der Waals surface area (Å²) < 4.78 is 37.7. The normalized spacial score (nSPS) is 19.2. The van der Waals surface area contributed by atoms with E-state index >= 15 is 0 Å². The third-order valence-corrected chi connectivity index (χ3v) is 4.38.